The molecule has 0 fully saturated rings. The molecule has 1 unspecified atom stereocenters. The molecule has 0 radical (unpaired) electrons. The number of halogens is 3. The number of aryl methyl sites for hydroxylation is 1. The lowest BCUT2D eigenvalue weighted by atomic mass is 10.1. The molecular weight excluding hydrogens is 397 g/mol. The molecule has 0 saturated carbocycles. The van der Waals surface area contributed by atoms with E-state index in [0.29, 0.717) is 19.0 Å². The lowest BCUT2D eigenvalue weighted by molar-refractivity contribution is -0.0506. The summed E-state index contributed by atoms with van der Waals surface area (Å²) in [4.78, 5) is 8.96. The smallest absolute Gasteiger partial charge is 0.387 e. The number of aliphatic imine (C=N–C) groups is 1. The number of fused-ring (bicyclic) bond motifs is 1. The number of guanidine groups is 1. The number of nitrogens with one attached hydrogen (secondary N) is 2. The van der Waals surface area contributed by atoms with Crippen LogP contribution in [0.1, 0.15) is 50.3 Å². The Morgan fingerprint density at radius 1 is 1.37 bits per heavy atom. The maximum atomic E-state index is 14.2. The Morgan fingerprint density at radius 3 is 2.87 bits per heavy atom. The van der Waals surface area contributed by atoms with Crippen molar-refractivity contribution in [1.29, 1.82) is 0 Å². The lowest BCUT2D eigenvalue weighted by Gasteiger charge is -2.25. The molecule has 2 aromatic rings. The van der Waals surface area contributed by atoms with E-state index >= 15 is 0 Å². The number of ether oxygens (including phenoxy) is 1. The standard InChI is InChI=1S/C20H27F3N6O/c1-4-24-20(25-10-14-15(21)6-5-7-16(14)30-19(22)23)26-13-8-9-17-27-18(12(2)3)28-29(17)11-13/h5-7,12-13,19H,4,8-11H2,1-3H3,(H2,24,25,26). The van der Waals surface area contributed by atoms with Gasteiger partial charge in [-0.25, -0.2) is 19.0 Å². The molecule has 1 atom stereocenters. The predicted octanol–water partition coefficient (Wildman–Crippen LogP) is 3.21. The average Bonchev–Trinajstić information content (AvgIpc) is 3.11. The topological polar surface area (TPSA) is 76.4 Å². The van der Waals surface area contributed by atoms with Gasteiger partial charge >= 0.3 is 6.61 Å². The third-order valence-electron chi connectivity index (χ3n) is 4.76. The Bertz CT molecular complexity index is 883. The summed E-state index contributed by atoms with van der Waals surface area (Å²) < 4.78 is 45.7. The van der Waals surface area contributed by atoms with E-state index in [4.69, 9.17) is 0 Å². The first-order valence-corrected chi connectivity index (χ1v) is 10.1. The first-order chi connectivity index (χ1) is 14.4. The van der Waals surface area contributed by atoms with E-state index in [2.05, 4.69) is 44.3 Å². The summed E-state index contributed by atoms with van der Waals surface area (Å²) in [5.41, 5.74) is -0.0150. The SMILES string of the molecule is CCNC(=NCc1c(F)cccc1OC(F)F)NC1CCc2nc(C(C)C)nn2C1. The second kappa shape index (κ2) is 9.82. The molecule has 30 heavy (non-hydrogen) atoms. The molecule has 1 aliphatic rings. The quantitative estimate of drug-likeness (QED) is 0.527. The zero-order valence-electron chi connectivity index (χ0n) is 17.3. The average molecular weight is 424 g/mol. The number of hydrogen-bond donors (Lipinski definition) is 2. The highest BCUT2D eigenvalue weighted by Crippen LogP contribution is 2.24. The van der Waals surface area contributed by atoms with Crippen molar-refractivity contribution < 1.29 is 17.9 Å². The van der Waals surface area contributed by atoms with Gasteiger partial charge in [-0.15, -0.1) is 0 Å². The molecule has 2 heterocycles. The molecular formula is C20H27F3N6O. The molecule has 164 valence electrons. The fourth-order valence-electron chi connectivity index (χ4n) is 3.26. The van der Waals surface area contributed by atoms with Gasteiger partial charge in [-0.2, -0.15) is 13.9 Å². The summed E-state index contributed by atoms with van der Waals surface area (Å²) in [6.07, 6.45) is 1.64. The van der Waals surface area contributed by atoms with Crippen LogP contribution in [-0.4, -0.2) is 39.9 Å². The van der Waals surface area contributed by atoms with Gasteiger partial charge in [0.15, 0.2) is 11.8 Å². The van der Waals surface area contributed by atoms with Crippen LogP contribution in [0.3, 0.4) is 0 Å². The summed E-state index contributed by atoms with van der Waals surface area (Å²) >= 11 is 0. The van der Waals surface area contributed by atoms with Crippen molar-refractivity contribution in [3.05, 3.63) is 41.2 Å². The zero-order chi connectivity index (χ0) is 21.7. The number of nitrogens with zero attached hydrogens (tertiary/aromatic N) is 4. The second-order valence-corrected chi connectivity index (χ2v) is 7.39. The molecule has 0 aliphatic carbocycles. The normalized spacial score (nSPS) is 16.7. The van der Waals surface area contributed by atoms with Crippen molar-refractivity contribution in [2.75, 3.05) is 6.54 Å². The van der Waals surface area contributed by atoms with Gasteiger partial charge in [0.1, 0.15) is 17.4 Å². The lowest BCUT2D eigenvalue weighted by Crippen LogP contribution is -2.47. The summed E-state index contributed by atoms with van der Waals surface area (Å²) in [6, 6.07) is 3.89. The Kier molecular flexibility index (Phi) is 7.17. The van der Waals surface area contributed by atoms with Gasteiger partial charge in [0.05, 0.1) is 18.7 Å². The van der Waals surface area contributed by atoms with Crippen molar-refractivity contribution >= 4 is 5.96 Å². The zero-order valence-corrected chi connectivity index (χ0v) is 17.3. The van der Waals surface area contributed by atoms with Crippen molar-refractivity contribution in [2.45, 2.75) is 65.3 Å². The van der Waals surface area contributed by atoms with E-state index in [0.717, 1.165) is 24.5 Å². The first-order valence-electron chi connectivity index (χ1n) is 10.1. The molecule has 2 N–H and O–H groups in total. The molecule has 3 rings (SSSR count). The highest BCUT2D eigenvalue weighted by molar-refractivity contribution is 5.80. The minimum Gasteiger partial charge on any atom is -0.434 e. The van der Waals surface area contributed by atoms with Gasteiger partial charge in [0.2, 0.25) is 0 Å². The number of benzene rings is 1. The Labute approximate surface area is 173 Å². The van der Waals surface area contributed by atoms with Crippen molar-refractivity contribution in [3.8, 4) is 5.75 Å². The number of alkyl halides is 2. The Balaban J connectivity index is 1.71. The highest BCUT2D eigenvalue weighted by Gasteiger charge is 2.23. The maximum absolute atomic E-state index is 14.2. The van der Waals surface area contributed by atoms with Gasteiger partial charge in [0, 0.05) is 24.9 Å². The largest absolute Gasteiger partial charge is 0.434 e. The summed E-state index contributed by atoms with van der Waals surface area (Å²) in [5, 5.41) is 11.0. The molecule has 0 spiro atoms. The number of hydrogen-bond acceptors (Lipinski definition) is 4. The molecule has 0 amide bonds. The number of aromatic nitrogens is 3. The van der Waals surface area contributed by atoms with Gasteiger partial charge in [-0.1, -0.05) is 19.9 Å². The van der Waals surface area contributed by atoms with Crippen LogP contribution in [0.5, 0.6) is 5.75 Å². The molecule has 1 aromatic carbocycles. The van der Waals surface area contributed by atoms with Crippen LogP contribution in [0, 0.1) is 5.82 Å². The molecule has 7 nitrogen and oxygen atoms in total. The molecule has 1 aliphatic heterocycles. The third kappa shape index (κ3) is 5.43. The predicted molar refractivity (Wildman–Crippen MR) is 107 cm³/mol. The summed E-state index contributed by atoms with van der Waals surface area (Å²) in [7, 11) is 0. The Hall–Kier alpha value is -2.78. The van der Waals surface area contributed by atoms with E-state index < -0.39 is 12.4 Å². The van der Waals surface area contributed by atoms with Gasteiger partial charge < -0.3 is 15.4 Å². The molecule has 1 aromatic heterocycles. The molecule has 10 heteroatoms. The summed E-state index contributed by atoms with van der Waals surface area (Å²) in [5.74, 6) is 1.69. The number of rotatable bonds is 7. The molecule has 0 saturated heterocycles. The van der Waals surface area contributed by atoms with Gasteiger partial charge in [-0.05, 0) is 25.5 Å². The van der Waals surface area contributed by atoms with Crippen LogP contribution in [0.2, 0.25) is 0 Å². The van der Waals surface area contributed by atoms with Crippen molar-refractivity contribution in [2.24, 2.45) is 4.99 Å². The minimum absolute atomic E-state index is 0.0150. The van der Waals surface area contributed by atoms with E-state index in [9.17, 15) is 13.2 Å². The summed E-state index contributed by atoms with van der Waals surface area (Å²) in [6.45, 7) is 4.10. The van der Waals surface area contributed by atoms with Gasteiger partial charge in [0.25, 0.3) is 0 Å². The van der Waals surface area contributed by atoms with Crippen molar-refractivity contribution in [1.82, 2.24) is 25.4 Å². The first kappa shape index (κ1) is 21.9. The second-order valence-electron chi connectivity index (χ2n) is 7.39. The van der Waals surface area contributed by atoms with Crippen LogP contribution >= 0.6 is 0 Å². The fourth-order valence-corrected chi connectivity index (χ4v) is 3.26. The van der Waals surface area contributed by atoms with Crippen LogP contribution < -0.4 is 15.4 Å². The van der Waals surface area contributed by atoms with Crippen LogP contribution in [0.15, 0.2) is 23.2 Å². The van der Waals surface area contributed by atoms with E-state index in [1.54, 1.807) is 0 Å². The van der Waals surface area contributed by atoms with Gasteiger partial charge in [-0.3, -0.25) is 0 Å². The van der Waals surface area contributed by atoms with E-state index in [1.807, 2.05) is 11.6 Å². The fraction of sp³-hybridized carbons (Fsp3) is 0.550. The maximum Gasteiger partial charge on any atom is 0.387 e. The van der Waals surface area contributed by atoms with Crippen LogP contribution in [-0.2, 0) is 19.5 Å². The molecule has 0 bridgehead atoms. The van der Waals surface area contributed by atoms with Crippen LogP contribution in [0.4, 0.5) is 13.2 Å². The highest BCUT2D eigenvalue weighted by atomic mass is 19.3. The van der Waals surface area contributed by atoms with E-state index in [-0.39, 0.29) is 29.8 Å². The third-order valence-corrected chi connectivity index (χ3v) is 4.76. The Morgan fingerprint density at radius 2 is 2.17 bits per heavy atom. The van der Waals surface area contributed by atoms with Crippen LogP contribution in [0.25, 0.3) is 0 Å². The monoisotopic (exact) mass is 424 g/mol. The van der Waals surface area contributed by atoms with E-state index in [1.165, 1.54) is 18.2 Å². The minimum atomic E-state index is -3.03. The van der Waals surface area contributed by atoms with Crippen molar-refractivity contribution in [3.63, 3.8) is 0 Å².